The van der Waals surface area contributed by atoms with Crippen molar-refractivity contribution in [3.05, 3.63) is 24.3 Å². The molecule has 1 heterocycles. The molecule has 1 aliphatic heterocycles. The summed E-state index contributed by atoms with van der Waals surface area (Å²) in [6, 6.07) is 7.37. The number of carboxylic acids is 1. The first-order valence-electron chi connectivity index (χ1n) is 7.38. The molecule has 0 bridgehead atoms. The zero-order valence-electron chi connectivity index (χ0n) is 13.6. The summed E-state index contributed by atoms with van der Waals surface area (Å²) >= 11 is 1.44. The molecule has 1 aromatic rings. The van der Waals surface area contributed by atoms with Crippen LogP contribution in [0.5, 0.6) is 0 Å². The molecule has 0 saturated carbocycles. The number of nitrogens with zero attached hydrogens (tertiary/aromatic N) is 1. The standard InChI is InChI=1S/C16H20N2O5S/c1-16(10-23-2,7-15(21)22)17-13(19)8-18-11-5-3-4-6-12(11)24-9-14(18)20/h3-6H,7-10H2,1-2H3,(H,17,19)(H,21,22). The Morgan fingerprint density at radius 3 is 2.79 bits per heavy atom. The van der Waals surface area contributed by atoms with Gasteiger partial charge in [-0.05, 0) is 19.1 Å². The van der Waals surface area contributed by atoms with Gasteiger partial charge < -0.3 is 20.1 Å². The van der Waals surface area contributed by atoms with E-state index in [4.69, 9.17) is 9.84 Å². The van der Waals surface area contributed by atoms with E-state index in [-0.39, 0.29) is 31.2 Å². The summed E-state index contributed by atoms with van der Waals surface area (Å²) in [7, 11) is 1.44. The number of hydrogen-bond donors (Lipinski definition) is 2. The van der Waals surface area contributed by atoms with Crippen LogP contribution in [-0.4, -0.2) is 54.4 Å². The Bertz CT molecular complexity index is 651. The van der Waals surface area contributed by atoms with Crippen molar-refractivity contribution in [2.75, 3.05) is 30.9 Å². The molecule has 2 rings (SSSR count). The molecule has 0 aromatic heterocycles. The number of carbonyl (C=O) groups excluding carboxylic acids is 2. The van der Waals surface area contributed by atoms with Crippen LogP contribution >= 0.6 is 11.8 Å². The van der Waals surface area contributed by atoms with Gasteiger partial charge in [-0.25, -0.2) is 0 Å². The van der Waals surface area contributed by atoms with Crippen molar-refractivity contribution in [3.63, 3.8) is 0 Å². The molecule has 24 heavy (non-hydrogen) atoms. The molecule has 130 valence electrons. The van der Waals surface area contributed by atoms with Crippen LogP contribution in [0.15, 0.2) is 29.2 Å². The number of rotatable bonds is 7. The molecule has 2 amide bonds. The van der Waals surface area contributed by atoms with Gasteiger partial charge in [-0.15, -0.1) is 11.8 Å². The summed E-state index contributed by atoms with van der Waals surface area (Å²) in [6.07, 6.45) is -0.271. The number of amides is 2. The van der Waals surface area contributed by atoms with Gasteiger partial charge in [-0.2, -0.15) is 0 Å². The zero-order valence-corrected chi connectivity index (χ0v) is 14.4. The third-order valence-electron chi connectivity index (χ3n) is 3.56. The molecule has 0 aliphatic carbocycles. The Labute approximate surface area is 144 Å². The number of hydrogen-bond acceptors (Lipinski definition) is 5. The first-order valence-corrected chi connectivity index (χ1v) is 8.37. The SMILES string of the molecule is COCC(C)(CC(=O)O)NC(=O)CN1C(=O)CSc2ccccc21. The number of benzene rings is 1. The maximum absolute atomic E-state index is 12.4. The molecule has 0 saturated heterocycles. The molecule has 0 spiro atoms. The van der Waals surface area contributed by atoms with Gasteiger partial charge in [0.05, 0.1) is 30.0 Å². The van der Waals surface area contributed by atoms with Gasteiger partial charge in [0.2, 0.25) is 11.8 Å². The number of fused-ring (bicyclic) bond motifs is 1. The second kappa shape index (κ2) is 7.67. The predicted molar refractivity (Wildman–Crippen MR) is 90.2 cm³/mol. The summed E-state index contributed by atoms with van der Waals surface area (Å²) in [5.74, 6) is -1.34. The molecule has 0 fully saturated rings. The fourth-order valence-corrected chi connectivity index (χ4v) is 3.57. The van der Waals surface area contributed by atoms with Gasteiger partial charge in [0, 0.05) is 12.0 Å². The van der Waals surface area contributed by atoms with Crippen molar-refractivity contribution < 1.29 is 24.2 Å². The molecule has 8 heteroatoms. The van der Waals surface area contributed by atoms with Crippen LogP contribution in [0.25, 0.3) is 0 Å². The number of methoxy groups -OCH3 is 1. The summed E-state index contributed by atoms with van der Waals surface area (Å²) in [5.41, 5.74) is -0.342. The highest BCUT2D eigenvalue weighted by molar-refractivity contribution is 8.00. The maximum atomic E-state index is 12.4. The Hall–Kier alpha value is -2.06. The first-order chi connectivity index (χ1) is 11.3. The number of ether oxygens (including phenoxy) is 1. The predicted octanol–water partition coefficient (Wildman–Crippen LogP) is 1.12. The molecule has 7 nitrogen and oxygen atoms in total. The number of para-hydroxylation sites is 1. The van der Waals surface area contributed by atoms with Gasteiger partial charge in [0.25, 0.3) is 0 Å². The highest BCUT2D eigenvalue weighted by Crippen LogP contribution is 2.34. The second-order valence-corrected chi connectivity index (χ2v) is 6.87. The van der Waals surface area contributed by atoms with Gasteiger partial charge in [-0.3, -0.25) is 14.4 Å². The van der Waals surface area contributed by atoms with Crippen LogP contribution < -0.4 is 10.2 Å². The number of carbonyl (C=O) groups is 3. The van der Waals surface area contributed by atoms with E-state index in [1.807, 2.05) is 18.2 Å². The van der Waals surface area contributed by atoms with Crippen molar-refractivity contribution in [2.45, 2.75) is 23.8 Å². The minimum absolute atomic E-state index is 0.0609. The van der Waals surface area contributed by atoms with Crippen molar-refractivity contribution in [2.24, 2.45) is 0 Å². The summed E-state index contributed by atoms with van der Waals surface area (Å²) < 4.78 is 5.01. The van der Waals surface area contributed by atoms with Crippen molar-refractivity contribution in [3.8, 4) is 0 Å². The third kappa shape index (κ3) is 4.48. The quantitative estimate of drug-likeness (QED) is 0.763. The van der Waals surface area contributed by atoms with Crippen LogP contribution in [0.3, 0.4) is 0 Å². The van der Waals surface area contributed by atoms with Gasteiger partial charge in [-0.1, -0.05) is 12.1 Å². The van der Waals surface area contributed by atoms with Gasteiger partial charge in [0.1, 0.15) is 6.54 Å². The minimum Gasteiger partial charge on any atom is -0.481 e. The van der Waals surface area contributed by atoms with Gasteiger partial charge in [0.15, 0.2) is 0 Å². The number of thioether (sulfide) groups is 1. The zero-order chi connectivity index (χ0) is 17.7. The van der Waals surface area contributed by atoms with E-state index in [9.17, 15) is 14.4 Å². The van der Waals surface area contributed by atoms with E-state index in [0.29, 0.717) is 5.69 Å². The average Bonchev–Trinajstić information content (AvgIpc) is 2.49. The lowest BCUT2D eigenvalue weighted by molar-refractivity contribution is -0.139. The van der Waals surface area contributed by atoms with Crippen molar-refractivity contribution in [1.82, 2.24) is 5.32 Å². The molecule has 1 aromatic carbocycles. The Morgan fingerprint density at radius 1 is 1.42 bits per heavy atom. The molecule has 1 unspecified atom stereocenters. The van der Waals surface area contributed by atoms with E-state index < -0.39 is 17.4 Å². The van der Waals surface area contributed by atoms with E-state index >= 15 is 0 Å². The van der Waals surface area contributed by atoms with E-state index in [2.05, 4.69) is 5.32 Å². The molecular formula is C16H20N2O5S. The Morgan fingerprint density at radius 2 is 2.12 bits per heavy atom. The lowest BCUT2D eigenvalue weighted by atomic mass is 9.99. The molecule has 2 N–H and O–H groups in total. The van der Waals surface area contributed by atoms with E-state index in [1.165, 1.54) is 23.8 Å². The lowest BCUT2D eigenvalue weighted by Gasteiger charge is -2.32. The minimum atomic E-state index is -1.04. The fourth-order valence-electron chi connectivity index (χ4n) is 2.63. The van der Waals surface area contributed by atoms with E-state index in [0.717, 1.165) is 4.90 Å². The first kappa shape index (κ1) is 18.3. The molecular weight excluding hydrogens is 332 g/mol. The normalized spacial score (nSPS) is 16.2. The monoisotopic (exact) mass is 352 g/mol. The fraction of sp³-hybridized carbons (Fsp3) is 0.438. The Balaban J connectivity index is 2.11. The molecule has 0 radical (unpaired) electrons. The van der Waals surface area contributed by atoms with Crippen LogP contribution in [0.1, 0.15) is 13.3 Å². The van der Waals surface area contributed by atoms with Crippen molar-refractivity contribution in [1.29, 1.82) is 0 Å². The highest BCUT2D eigenvalue weighted by atomic mass is 32.2. The second-order valence-electron chi connectivity index (χ2n) is 5.85. The number of anilines is 1. The summed E-state index contributed by atoms with van der Waals surface area (Å²) in [4.78, 5) is 37.9. The summed E-state index contributed by atoms with van der Waals surface area (Å²) in [6.45, 7) is 1.51. The largest absolute Gasteiger partial charge is 0.481 e. The smallest absolute Gasteiger partial charge is 0.305 e. The number of aliphatic carboxylic acids is 1. The lowest BCUT2D eigenvalue weighted by Crippen LogP contribution is -2.54. The van der Waals surface area contributed by atoms with Crippen LogP contribution in [0, 0.1) is 0 Å². The van der Waals surface area contributed by atoms with Gasteiger partial charge >= 0.3 is 5.97 Å². The van der Waals surface area contributed by atoms with Crippen LogP contribution in [-0.2, 0) is 19.1 Å². The molecule has 1 aliphatic rings. The molecule has 1 atom stereocenters. The van der Waals surface area contributed by atoms with Crippen LogP contribution in [0.4, 0.5) is 5.69 Å². The number of nitrogens with one attached hydrogen (secondary N) is 1. The number of carboxylic acid groups (broad SMARTS) is 1. The maximum Gasteiger partial charge on any atom is 0.305 e. The third-order valence-corrected chi connectivity index (χ3v) is 4.60. The Kier molecular flexibility index (Phi) is 5.84. The van der Waals surface area contributed by atoms with Crippen molar-refractivity contribution >= 4 is 35.2 Å². The average molecular weight is 352 g/mol. The van der Waals surface area contributed by atoms with Crippen LogP contribution in [0.2, 0.25) is 0 Å². The van der Waals surface area contributed by atoms with E-state index in [1.54, 1.807) is 13.0 Å². The topological polar surface area (TPSA) is 95.9 Å². The summed E-state index contributed by atoms with van der Waals surface area (Å²) in [5, 5.41) is 11.7. The highest BCUT2D eigenvalue weighted by Gasteiger charge is 2.32.